The number of amides is 1. The lowest BCUT2D eigenvalue weighted by atomic mass is 10.1. The number of halogens is 3. The molecule has 0 spiro atoms. The molecular formula is C17H16ClF2NO2. The summed E-state index contributed by atoms with van der Waals surface area (Å²) in [5.74, 6) is -2.76. The second kappa shape index (κ2) is 8.04. The van der Waals surface area contributed by atoms with Gasteiger partial charge in [0, 0.05) is 13.2 Å². The number of hydrogen-bond donors (Lipinski definition) is 1. The third-order valence-corrected chi connectivity index (χ3v) is 3.52. The van der Waals surface area contributed by atoms with E-state index in [9.17, 15) is 13.6 Å². The molecular weight excluding hydrogens is 324 g/mol. The van der Waals surface area contributed by atoms with Gasteiger partial charge in [-0.15, -0.1) is 0 Å². The zero-order valence-electron chi connectivity index (χ0n) is 12.5. The maximum atomic E-state index is 13.2. The highest BCUT2D eigenvalue weighted by Crippen LogP contribution is 2.20. The van der Waals surface area contributed by atoms with Gasteiger partial charge in [-0.3, -0.25) is 4.79 Å². The predicted molar refractivity (Wildman–Crippen MR) is 84.3 cm³/mol. The van der Waals surface area contributed by atoms with Crippen LogP contribution in [0.1, 0.15) is 28.4 Å². The molecule has 0 aliphatic carbocycles. The number of carbonyl (C=O) groups excluding carboxylic acids is 1. The van der Waals surface area contributed by atoms with Crippen LogP contribution in [-0.2, 0) is 17.9 Å². The molecule has 2 aromatic rings. The number of rotatable bonds is 6. The van der Waals surface area contributed by atoms with E-state index in [1.807, 2.05) is 31.2 Å². The molecule has 2 rings (SSSR count). The lowest BCUT2D eigenvalue weighted by Gasteiger charge is -2.08. The first-order valence-corrected chi connectivity index (χ1v) is 7.47. The predicted octanol–water partition coefficient (Wildman–Crippen LogP) is 4.08. The maximum absolute atomic E-state index is 13.2. The Hall–Kier alpha value is -1.98. The first-order chi connectivity index (χ1) is 11.0. The van der Waals surface area contributed by atoms with E-state index in [1.54, 1.807) is 0 Å². The number of nitrogens with one attached hydrogen (secondary N) is 1. The molecule has 0 heterocycles. The molecule has 0 saturated carbocycles. The van der Waals surface area contributed by atoms with Crippen LogP contribution in [-0.4, -0.2) is 12.5 Å². The lowest BCUT2D eigenvalue weighted by molar-refractivity contribution is 0.0950. The standard InChI is InChI=1S/C17H16ClF2NO2/c1-2-23-10-12-5-3-11(4-6-12)9-21-17(22)13-7-15(19)16(20)8-14(13)18/h3-8H,2,9-10H2,1H3,(H,21,22). The van der Waals surface area contributed by atoms with Crippen LogP contribution in [0.15, 0.2) is 36.4 Å². The van der Waals surface area contributed by atoms with E-state index in [2.05, 4.69) is 5.32 Å². The highest BCUT2D eigenvalue weighted by atomic mass is 35.5. The molecule has 3 nitrogen and oxygen atoms in total. The minimum Gasteiger partial charge on any atom is -0.377 e. The zero-order chi connectivity index (χ0) is 16.8. The van der Waals surface area contributed by atoms with Crippen molar-refractivity contribution in [3.05, 3.63) is 69.7 Å². The first kappa shape index (κ1) is 17.4. The first-order valence-electron chi connectivity index (χ1n) is 7.09. The molecule has 1 N–H and O–H groups in total. The quantitative estimate of drug-likeness (QED) is 0.805. The smallest absolute Gasteiger partial charge is 0.253 e. The lowest BCUT2D eigenvalue weighted by Crippen LogP contribution is -2.23. The van der Waals surface area contributed by atoms with Crippen molar-refractivity contribution < 1.29 is 18.3 Å². The topological polar surface area (TPSA) is 38.3 Å². The molecule has 0 aromatic heterocycles. The van der Waals surface area contributed by atoms with Gasteiger partial charge in [-0.1, -0.05) is 35.9 Å². The van der Waals surface area contributed by atoms with Crippen molar-refractivity contribution in [2.24, 2.45) is 0 Å². The summed E-state index contributed by atoms with van der Waals surface area (Å²) in [6.45, 7) is 3.36. The Morgan fingerprint density at radius 2 is 1.74 bits per heavy atom. The van der Waals surface area contributed by atoms with Crippen molar-refractivity contribution in [2.45, 2.75) is 20.1 Å². The summed E-state index contributed by atoms with van der Waals surface area (Å²) in [7, 11) is 0. The second-order valence-corrected chi connectivity index (χ2v) is 5.29. The van der Waals surface area contributed by atoms with E-state index in [-0.39, 0.29) is 17.1 Å². The zero-order valence-corrected chi connectivity index (χ0v) is 13.3. The van der Waals surface area contributed by atoms with Gasteiger partial charge in [0.15, 0.2) is 11.6 Å². The van der Waals surface area contributed by atoms with E-state index >= 15 is 0 Å². The van der Waals surface area contributed by atoms with E-state index in [4.69, 9.17) is 16.3 Å². The summed E-state index contributed by atoms with van der Waals surface area (Å²) in [6, 6.07) is 9.11. The van der Waals surface area contributed by atoms with Gasteiger partial charge in [0.05, 0.1) is 17.2 Å². The third kappa shape index (κ3) is 4.74. The van der Waals surface area contributed by atoms with Crippen molar-refractivity contribution in [2.75, 3.05) is 6.61 Å². The fourth-order valence-corrected chi connectivity index (χ4v) is 2.18. The molecule has 2 aromatic carbocycles. The molecule has 0 unspecified atom stereocenters. The van der Waals surface area contributed by atoms with Crippen LogP contribution in [0, 0.1) is 11.6 Å². The van der Waals surface area contributed by atoms with Crippen LogP contribution in [0.5, 0.6) is 0 Å². The monoisotopic (exact) mass is 339 g/mol. The van der Waals surface area contributed by atoms with Crippen LogP contribution in [0.3, 0.4) is 0 Å². The van der Waals surface area contributed by atoms with Gasteiger partial charge < -0.3 is 10.1 Å². The Bertz CT molecular complexity index is 690. The van der Waals surface area contributed by atoms with E-state index in [0.717, 1.165) is 23.3 Å². The molecule has 0 fully saturated rings. The van der Waals surface area contributed by atoms with Gasteiger partial charge in [0.25, 0.3) is 5.91 Å². The molecule has 0 aliphatic heterocycles. The summed E-state index contributed by atoms with van der Waals surface area (Å²) in [5.41, 5.74) is 1.81. The minimum atomic E-state index is -1.11. The Kier molecular flexibility index (Phi) is 6.07. The highest BCUT2D eigenvalue weighted by Gasteiger charge is 2.14. The normalized spacial score (nSPS) is 10.6. The molecule has 23 heavy (non-hydrogen) atoms. The number of benzene rings is 2. The summed E-state index contributed by atoms with van der Waals surface area (Å²) in [4.78, 5) is 12.0. The molecule has 0 saturated heterocycles. The number of hydrogen-bond acceptors (Lipinski definition) is 2. The second-order valence-electron chi connectivity index (χ2n) is 4.88. The van der Waals surface area contributed by atoms with E-state index in [1.165, 1.54) is 0 Å². The summed E-state index contributed by atoms with van der Waals surface area (Å²) < 4.78 is 31.5. The molecule has 0 radical (unpaired) electrons. The molecule has 6 heteroatoms. The van der Waals surface area contributed by atoms with Gasteiger partial charge in [-0.2, -0.15) is 0 Å². The van der Waals surface area contributed by atoms with Crippen molar-refractivity contribution in [1.29, 1.82) is 0 Å². The van der Waals surface area contributed by atoms with Gasteiger partial charge >= 0.3 is 0 Å². The van der Waals surface area contributed by atoms with E-state index in [0.29, 0.717) is 13.2 Å². The highest BCUT2D eigenvalue weighted by molar-refractivity contribution is 6.33. The molecule has 0 atom stereocenters. The van der Waals surface area contributed by atoms with Crippen molar-refractivity contribution in [3.8, 4) is 0 Å². The Morgan fingerprint density at radius 1 is 1.13 bits per heavy atom. The van der Waals surface area contributed by atoms with Gasteiger partial charge in [0.2, 0.25) is 0 Å². The molecule has 1 amide bonds. The van der Waals surface area contributed by atoms with Crippen LogP contribution in [0.25, 0.3) is 0 Å². The fraction of sp³-hybridized carbons (Fsp3) is 0.235. The SMILES string of the molecule is CCOCc1ccc(CNC(=O)c2cc(F)c(F)cc2Cl)cc1. The summed E-state index contributed by atoms with van der Waals surface area (Å²) in [6.07, 6.45) is 0. The van der Waals surface area contributed by atoms with Crippen LogP contribution in [0.4, 0.5) is 8.78 Å². The van der Waals surface area contributed by atoms with Gasteiger partial charge in [0.1, 0.15) is 0 Å². The molecule has 122 valence electrons. The Balaban J connectivity index is 1.98. The average Bonchev–Trinajstić information content (AvgIpc) is 2.55. The van der Waals surface area contributed by atoms with Gasteiger partial charge in [-0.25, -0.2) is 8.78 Å². The Morgan fingerprint density at radius 3 is 2.39 bits per heavy atom. The Labute approximate surface area is 138 Å². The molecule has 0 aliphatic rings. The average molecular weight is 340 g/mol. The van der Waals surface area contributed by atoms with Crippen molar-refractivity contribution >= 4 is 17.5 Å². The summed E-state index contributed by atoms with van der Waals surface area (Å²) >= 11 is 5.77. The minimum absolute atomic E-state index is 0.0986. The van der Waals surface area contributed by atoms with Crippen LogP contribution in [0.2, 0.25) is 5.02 Å². The number of carbonyl (C=O) groups is 1. The number of ether oxygens (including phenoxy) is 1. The molecule has 0 bridgehead atoms. The maximum Gasteiger partial charge on any atom is 0.253 e. The summed E-state index contributed by atoms with van der Waals surface area (Å²) in [5, 5.41) is 2.49. The van der Waals surface area contributed by atoms with Crippen LogP contribution < -0.4 is 5.32 Å². The van der Waals surface area contributed by atoms with E-state index < -0.39 is 17.5 Å². The fourth-order valence-electron chi connectivity index (χ4n) is 1.95. The van der Waals surface area contributed by atoms with Crippen LogP contribution >= 0.6 is 11.6 Å². The van der Waals surface area contributed by atoms with Crippen molar-refractivity contribution in [1.82, 2.24) is 5.32 Å². The van der Waals surface area contributed by atoms with Gasteiger partial charge in [-0.05, 0) is 30.2 Å². The van der Waals surface area contributed by atoms with Crippen molar-refractivity contribution in [3.63, 3.8) is 0 Å². The largest absolute Gasteiger partial charge is 0.377 e. The third-order valence-electron chi connectivity index (χ3n) is 3.20.